The van der Waals surface area contributed by atoms with Crippen LogP contribution < -0.4 is 5.32 Å². The number of anilines is 1. The van der Waals surface area contributed by atoms with Gasteiger partial charge in [0.2, 0.25) is 5.91 Å². The fraction of sp³-hybridized carbons (Fsp3) is 0.214. The molecule has 3 rings (SSSR count). The zero-order valence-electron chi connectivity index (χ0n) is 10.1. The molecule has 0 bridgehead atoms. The third-order valence-electron chi connectivity index (χ3n) is 3.53. The molecule has 96 valence electrons. The Hall–Kier alpha value is -2.43. The molecule has 2 N–H and O–H groups in total. The second-order valence-corrected chi connectivity index (χ2v) is 4.74. The maximum Gasteiger partial charge on any atom is 0.319 e. The van der Waals surface area contributed by atoms with Crippen LogP contribution in [0.5, 0.6) is 0 Å². The molecule has 1 aromatic carbocycles. The molecule has 1 saturated carbocycles. The molecule has 1 fully saturated rings. The highest BCUT2D eigenvalue weighted by molar-refractivity contribution is 6.13. The van der Waals surface area contributed by atoms with Crippen molar-refractivity contribution < 1.29 is 14.7 Å². The summed E-state index contributed by atoms with van der Waals surface area (Å²) in [6.07, 6.45) is 4.13. The minimum atomic E-state index is -1.23. The van der Waals surface area contributed by atoms with Crippen LogP contribution >= 0.6 is 0 Å². The maximum absolute atomic E-state index is 12.1. The van der Waals surface area contributed by atoms with Crippen molar-refractivity contribution >= 4 is 28.3 Å². The molecule has 1 aromatic heterocycles. The largest absolute Gasteiger partial charge is 0.480 e. The van der Waals surface area contributed by atoms with Crippen molar-refractivity contribution in [1.29, 1.82) is 0 Å². The summed E-state index contributed by atoms with van der Waals surface area (Å²) < 4.78 is 0. The lowest BCUT2D eigenvalue weighted by Crippen LogP contribution is -2.31. The molecular weight excluding hydrogens is 244 g/mol. The first kappa shape index (κ1) is 11.6. The Labute approximate surface area is 109 Å². The molecule has 1 heterocycles. The third kappa shape index (κ3) is 1.83. The molecule has 2 aromatic rings. The number of hydrogen-bond donors (Lipinski definition) is 2. The topological polar surface area (TPSA) is 79.3 Å². The van der Waals surface area contributed by atoms with E-state index < -0.39 is 17.3 Å². The van der Waals surface area contributed by atoms with Gasteiger partial charge in [0.25, 0.3) is 0 Å². The number of benzene rings is 1. The van der Waals surface area contributed by atoms with Crippen LogP contribution in [0.1, 0.15) is 12.8 Å². The second-order valence-electron chi connectivity index (χ2n) is 4.74. The van der Waals surface area contributed by atoms with Gasteiger partial charge in [-0.15, -0.1) is 0 Å². The summed E-state index contributed by atoms with van der Waals surface area (Å²) in [6.45, 7) is 0. The van der Waals surface area contributed by atoms with E-state index in [4.69, 9.17) is 5.11 Å². The van der Waals surface area contributed by atoms with Gasteiger partial charge in [-0.05, 0) is 30.4 Å². The number of carboxylic acids is 1. The van der Waals surface area contributed by atoms with E-state index in [1.807, 2.05) is 18.2 Å². The van der Waals surface area contributed by atoms with Gasteiger partial charge in [0, 0.05) is 17.8 Å². The number of rotatable bonds is 3. The van der Waals surface area contributed by atoms with Gasteiger partial charge in [-0.3, -0.25) is 14.6 Å². The first-order valence-electron chi connectivity index (χ1n) is 6.01. The molecule has 1 aliphatic rings. The maximum atomic E-state index is 12.1. The van der Waals surface area contributed by atoms with Crippen LogP contribution in [-0.4, -0.2) is 22.0 Å². The van der Waals surface area contributed by atoms with Gasteiger partial charge in [-0.2, -0.15) is 0 Å². The number of hydrogen-bond acceptors (Lipinski definition) is 3. The summed E-state index contributed by atoms with van der Waals surface area (Å²) in [5, 5.41) is 13.6. The molecule has 5 heteroatoms. The predicted octanol–water partition coefficient (Wildman–Crippen LogP) is 2.04. The lowest BCUT2D eigenvalue weighted by Gasteiger charge is -2.12. The number of amides is 1. The highest BCUT2D eigenvalue weighted by Gasteiger charge is 2.57. The number of carboxylic acid groups (broad SMARTS) is 1. The summed E-state index contributed by atoms with van der Waals surface area (Å²) >= 11 is 0. The fourth-order valence-electron chi connectivity index (χ4n) is 2.13. The van der Waals surface area contributed by atoms with E-state index in [1.165, 1.54) is 0 Å². The standard InChI is InChI=1S/C14H12N2O3/c17-12(14(5-6-14)13(18)19)16-11-3-1-2-9-4-7-15-8-10(9)11/h1-4,7-8H,5-6H2,(H,16,17)(H,18,19). The molecule has 1 amide bonds. The number of nitrogens with zero attached hydrogens (tertiary/aromatic N) is 1. The lowest BCUT2D eigenvalue weighted by molar-refractivity contribution is -0.147. The fourth-order valence-corrected chi connectivity index (χ4v) is 2.13. The zero-order chi connectivity index (χ0) is 13.5. The van der Waals surface area contributed by atoms with E-state index in [1.54, 1.807) is 18.5 Å². The number of carbonyl (C=O) groups excluding carboxylic acids is 1. The second kappa shape index (κ2) is 4.05. The monoisotopic (exact) mass is 256 g/mol. The van der Waals surface area contributed by atoms with E-state index in [9.17, 15) is 9.59 Å². The number of nitrogens with one attached hydrogen (secondary N) is 1. The Kier molecular flexibility index (Phi) is 2.48. The summed E-state index contributed by atoms with van der Waals surface area (Å²) in [6, 6.07) is 7.32. The molecule has 0 atom stereocenters. The van der Waals surface area contributed by atoms with Crippen LogP contribution in [0.25, 0.3) is 10.8 Å². The van der Waals surface area contributed by atoms with Crippen molar-refractivity contribution in [2.75, 3.05) is 5.32 Å². The Balaban J connectivity index is 1.94. The summed E-state index contributed by atoms with van der Waals surface area (Å²) in [5.41, 5.74) is -0.632. The average Bonchev–Trinajstić information content (AvgIpc) is 3.20. The van der Waals surface area contributed by atoms with Gasteiger partial charge < -0.3 is 10.4 Å². The van der Waals surface area contributed by atoms with E-state index >= 15 is 0 Å². The molecule has 19 heavy (non-hydrogen) atoms. The van der Waals surface area contributed by atoms with Crippen LogP contribution in [-0.2, 0) is 9.59 Å². The minimum absolute atomic E-state index is 0.400. The number of carbonyl (C=O) groups is 2. The summed E-state index contributed by atoms with van der Waals surface area (Å²) in [7, 11) is 0. The summed E-state index contributed by atoms with van der Waals surface area (Å²) in [5.74, 6) is -1.50. The van der Waals surface area contributed by atoms with Crippen molar-refractivity contribution in [1.82, 2.24) is 4.98 Å². The van der Waals surface area contributed by atoms with E-state index in [0.29, 0.717) is 18.5 Å². The smallest absolute Gasteiger partial charge is 0.319 e. The first-order valence-corrected chi connectivity index (χ1v) is 6.01. The van der Waals surface area contributed by atoms with Crippen LogP contribution in [0, 0.1) is 5.41 Å². The van der Waals surface area contributed by atoms with Crippen molar-refractivity contribution in [3.05, 3.63) is 36.7 Å². The SMILES string of the molecule is O=C(O)C1(C(=O)Nc2cccc3ccncc23)CC1. The number of fused-ring (bicyclic) bond motifs is 1. The van der Waals surface area contributed by atoms with E-state index in [0.717, 1.165) is 10.8 Å². The van der Waals surface area contributed by atoms with Gasteiger partial charge in [-0.25, -0.2) is 0 Å². The van der Waals surface area contributed by atoms with E-state index in [-0.39, 0.29) is 0 Å². The lowest BCUT2D eigenvalue weighted by atomic mass is 10.1. The van der Waals surface area contributed by atoms with Gasteiger partial charge in [0.15, 0.2) is 0 Å². The highest BCUT2D eigenvalue weighted by atomic mass is 16.4. The van der Waals surface area contributed by atoms with Crippen LogP contribution in [0.2, 0.25) is 0 Å². The highest BCUT2D eigenvalue weighted by Crippen LogP contribution is 2.47. The van der Waals surface area contributed by atoms with Gasteiger partial charge in [0.1, 0.15) is 5.41 Å². The Bertz CT molecular complexity index is 672. The third-order valence-corrected chi connectivity index (χ3v) is 3.53. The van der Waals surface area contributed by atoms with Crippen molar-refractivity contribution in [2.45, 2.75) is 12.8 Å². The Morgan fingerprint density at radius 1 is 1.26 bits per heavy atom. The van der Waals surface area contributed by atoms with Crippen LogP contribution in [0.15, 0.2) is 36.7 Å². The van der Waals surface area contributed by atoms with Gasteiger partial charge in [0.05, 0.1) is 5.69 Å². The predicted molar refractivity (Wildman–Crippen MR) is 69.7 cm³/mol. The zero-order valence-corrected chi connectivity index (χ0v) is 10.1. The van der Waals surface area contributed by atoms with Crippen molar-refractivity contribution in [3.8, 4) is 0 Å². The average molecular weight is 256 g/mol. The van der Waals surface area contributed by atoms with E-state index in [2.05, 4.69) is 10.3 Å². The van der Waals surface area contributed by atoms with Crippen LogP contribution in [0.4, 0.5) is 5.69 Å². The molecule has 0 spiro atoms. The van der Waals surface area contributed by atoms with Gasteiger partial charge in [-0.1, -0.05) is 12.1 Å². The first-order chi connectivity index (χ1) is 9.13. The minimum Gasteiger partial charge on any atom is -0.480 e. The molecule has 0 saturated heterocycles. The number of aliphatic carboxylic acids is 1. The molecular formula is C14H12N2O3. The summed E-state index contributed by atoms with van der Waals surface area (Å²) in [4.78, 5) is 27.2. The van der Waals surface area contributed by atoms with Crippen molar-refractivity contribution in [2.24, 2.45) is 5.41 Å². The van der Waals surface area contributed by atoms with Gasteiger partial charge >= 0.3 is 5.97 Å². The van der Waals surface area contributed by atoms with Crippen molar-refractivity contribution in [3.63, 3.8) is 0 Å². The number of aromatic nitrogens is 1. The normalized spacial score (nSPS) is 16.0. The molecule has 0 radical (unpaired) electrons. The van der Waals surface area contributed by atoms with Crippen LogP contribution in [0.3, 0.4) is 0 Å². The molecule has 5 nitrogen and oxygen atoms in total. The Morgan fingerprint density at radius 2 is 2.05 bits per heavy atom. The molecule has 0 aliphatic heterocycles. The quantitative estimate of drug-likeness (QED) is 0.823. The molecule has 1 aliphatic carbocycles. The molecule has 0 unspecified atom stereocenters. The Morgan fingerprint density at radius 3 is 2.74 bits per heavy atom. The number of pyridine rings is 1.